The summed E-state index contributed by atoms with van der Waals surface area (Å²) >= 11 is 0. The minimum atomic E-state index is -1.92. The van der Waals surface area contributed by atoms with Crippen molar-refractivity contribution < 1.29 is 70.9 Å². The normalized spacial score (nSPS) is 14.9. The third-order valence-corrected chi connectivity index (χ3v) is 19.0. The second-order valence-electron chi connectivity index (χ2n) is 13.1. The fourth-order valence-electron chi connectivity index (χ4n) is 4.89. The van der Waals surface area contributed by atoms with Crippen molar-refractivity contribution in [2.24, 2.45) is 0 Å². The Morgan fingerprint density at radius 1 is 0.690 bits per heavy atom. The van der Waals surface area contributed by atoms with E-state index in [0.29, 0.717) is 0 Å². The molecule has 5 rings (SSSR count). The predicted molar refractivity (Wildman–Crippen MR) is 223 cm³/mol. The van der Waals surface area contributed by atoms with Crippen LogP contribution >= 0.6 is 15.8 Å². The molecule has 0 spiro atoms. The van der Waals surface area contributed by atoms with Gasteiger partial charge in [0.15, 0.2) is 8.32 Å². The standard InChI is InChI=1S/C25H22P2.C16H26O4Si.4CO.2Co/c1-5-13-22(14-6-1)26(23-15-7-2-8-16-23)21-27(24-17-9-3-10-18-24)25-19-11-4-12-20-25;1-8-14-15(20-21(6,7)16(3,4)5)10-9-13(19-14)11-18-12(2)17;4*1-2;;/h1-20H,21H2;1,9-10,13-15H,11H2,2-7H3;;;;;;/t;13-,14+,15+;;;;;;/m.0....../s1. The van der Waals surface area contributed by atoms with Crippen LogP contribution in [-0.4, -0.2) is 45.1 Å². The molecule has 0 saturated carbocycles. The van der Waals surface area contributed by atoms with Gasteiger partial charge in [-0.1, -0.05) is 161 Å². The molecule has 1 heterocycles. The summed E-state index contributed by atoms with van der Waals surface area (Å²) in [6.07, 6.45) is 5.41. The van der Waals surface area contributed by atoms with Crippen molar-refractivity contribution in [3.8, 4) is 0 Å². The van der Waals surface area contributed by atoms with Crippen LogP contribution in [0.5, 0.6) is 0 Å². The van der Waals surface area contributed by atoms with Gasteiger partial charge >= 0.3 is 51.2 Å². The van der Waals surface area contributed by atoms with Gasteiger partial charge in [0, 0.05) is 46.4 Å². The third kappa shape index (κ3) is 20.7. The van der Waals surface area contributed by atoms with Crippen LogP contribution in [0.2, 0.25) is 18.1 Å². The molecule has 4 aromatic carbocycles. The Morgan fingerprint density at radius 2 is 1.02 bits per heavy atom. The van der Waals surface area contributed by atoms with E-state index in [2.05, 4.69) is 188 Å². The van der Waals surface area contributed by atoms with Crippen molar-refractivity contribution in [2.45, 2.75) is 64.1 Å². The molecule has 13 heteroatoms. The van der Waals surface area contributed by atoms with Gasteiger partial charge in [0.2, 0.25) is 0 Å². The van der Waals surface area contributed by atoms with E-state index in [0.717, 1.165) is 0 Å². The van der Waals surface area contributed by atoms with Gasteiger partial charge in [-0.2, -0.15) is 0 Å². The van der Waals surface area contributed by atoms with E-state index in [9.17, 15) is 4.79 Å². The van der Waals surface area contributed by atoms with Gasteiger partial charge in [-0.15, -0.1) is 0 Å². The number of hydrogen-bond donors (Lipinski definition) is 0. The number of hydrogen-bond acceptors (Lipinski definition) is 4. The summed E-state index contributed by atoms with van der Waals surface area (Å²) in [5, 5.41) is 5.93. The first kappa shape index (κ1) is 59.1. The van der Waals surface area contributed by atoms with Crippen molar-refractivity contribution in [1.29, 1.82) is 0 Å². The molecule has 0 saturated heterocycles. The molecule has 0 aliphatic carbocycles. The molecule has 0 bridgehead atoms. The first-order valence-electron chi connectivity index (χ1n) is 17.2. The zero-order chi connectivity index (χ0) is 42.6. The number of carbonyl (C=O) groups excluding carboxylic acids is 1. The molecule has 8 nitrogen and oxygen atoms in total. The van der Waals surface area contributed by atoms with Gasteiger partial charge < -0.3 is 13.9 Å². The van der Waals surface area contributed by atoms with Gasteiger partial charge in [0.05, 0.1) is 6.10 Å². The summed E-state index contributed by atoms with van der Waals surface area (Å²) in [6, 6.07) is 44.1. The average molecular weight is 925 g/mol. The van der Waals surface area contributed by atoms with Crippen LogP contribution in [0.4, 0.5) is 0 Å². The summed E-state index contributed by atoms with van der Waals surface area (Å²) in [4.78, 5) is 10.8. The molecule has 4 aromatic rings. The monoisotopic (exact) mass is 924 g/mol. The number of rotatable bonds is 11. The van der Waals surface area contributed by atoms with Crippen LogP contribution in [0, 0.1) is 39.3 Å². The third-order valence-electron chi connectivity index (χ3n) is 8.54. The minimum absolute atomic E-state index is 0. The van der Waals surface area contributed by atoms with E-state index < -0.39 is 30.3 Å². The van der Waals surface area contributed by atoms with Crippen LogP contribution in [0.1, 0.15) is 27.7 Å². The van der Waals surface area contributed by atoms with E-state index in [-0.39, 0.29) is 63.4 Å². The summed E-state index contributed by atoms with van der Waals surface area (Å²) < 4.78 is 47.0. The van der Waals surface area contributed by atoms with Crippen molar-refractivity contribution >= 4 is 51.3 Å². The number of ether oxygens (including phenoxy) is 2. The number of benzene rings is 4. The quantitative estimate of drug-likeness (QED) is 0.0377. The summed E-state index contributed by atoms with van der Waals surface area (Å²) in [6.45, 7) is 36.0. The Morgan fingerprint density at radius 3 is 1.29 bits per heavy atom. The van der Waals surface area contributed by atoms with Gasteiger partial charge in [-0.25, -0.2) is 0 Å². The molecule has 1 aliphatic rings. The number of carbonyl (C=O) groups is 1. The maximum atomic E-state index is 10.8. The molecule has 4 radical (unpaired) electrons. The van der Waals surface area contributed by atoms with E-state index in [4.69, 9.17) is 39.1 Å². The summed E-state index contributed by atoms with van der Waals surface area (Å²) in [5.41, 5.74) is 0. The Labute approximate surface area is 369 Å². The molecule has 58 heavy (non-hydrogen) atoms. The molecule has 1 aliphatic heterocycles. The van der Waals surface area contributed by atoms with Crippen LogP contribution in [0.25, 0.3) is 0 Å². The van der Waals surface area contributed by atoms with Crippen LogP contribution in [0.15, 0.2) is 133 Å². The Hall–Kier alpha value is -3.20. The number of esters is 1. The molecular weight excluding hydrogens is 876 g/mol. The molecule has 0 unspecified atom stereocenters. The Kier molecular flexibility index (Phi) is 34.3. The van der Waals surface area contributed by atoms with Crippen LogP contribution < -0.4 is 21.2 Å². The fraction of sp³-hybridized carbons (Fsp3) is 0.267. The van der Waals surface area contributed by atoms with Crippen molar-refractivity contribution in [1.82, 2.24) is 0 Å². The predicted octanol–water partition coefficient (Wildman–Crippen LogP) is 8.11. The topological polar surface area (TPSA) is 124 Å². The molecule has 0 N–H and O–H groups in total. The first-order chi connectivity index (χ1) is 27.0. The maximum Gasteiger partial charge on any atom is 0.302 e. The van der Waals surface area contributed by atoms with Gasteiger partial charge in [0.1, 0.15) is 18.8 Å². The first-order valence-corrected chi connectivity index (χ1v) is 23.1. The van der Waals surface area contributed by atoms with E-state index in [1.54, 1.807) is 0 Å². The van der Waals surface area contributed by atoms with E-state index in [1.165, 1.54) is 34.0 Å². The maximum absolute atomic E-state index is 10.8. The zero-order valence-corrected chi connectivity index (χ0v) is 38.1. The minimum Gasteiger partial charge on any atom is -0.463 e. The van der Waals surface area contributed by atoms with Crippen molar-refractivity contribution in [3.63, 3.8) is 0 Å². The summed E-state index contributed by atoms with van der Waals surface area (Å²) in [5.74, 6) is 0.844. The molecule has 0 amide bonds. The van der Waals surface area contributed by atoms with Gasteiger partial charge in [0.25, 0.3) is 0 Å². The van der Waals surface area contributed by atoms with E-state index in [1.807, 2.05) is 12.2 Å². The Balaban J connectivity index is -0.000000884. The molecule has 0 aromatic heterocycles. The van der Waals surface area contributed by atoms with Gasteiger partial charge in [-0.3, -0.25) is 4.79 Å². The van der Waals surface area contributed by atoms with Crippen LogP contribution in [-0.2, 0) is 70.9 Å². The van der Waals surface area contributed by atoms with Crippen molar-refractivity contribution in [2.75, 3.05) is 12.5 Å². The second-order valence-corrected chi connectivity index (χ2v) is 22.8. The van der Waals surface area contributed by atoms with Crippen molar-refractivity contribution in [3.05, 3.63) is 173 Å². The summed E-state index contributed by atoms with van der Waals surface area (Å²) in [7, 11) is -2.74. The SMILES string of the molecule is [C-]#[O+].[C-]#[O+].[C-]#[O+].[C-]#[O+].[CH]=[C][C@H]1O[C@H](COC(C)=O)C=C[C@H]1O[Si](C)(C)C(C)(C)C.[Co].[Co].c1ccc(P(CP(c2ccccc2)c2ccccc2)c2ccccc2)cc1. The van der Waals surface area contributed by atoms with Gasteiger partial charge in [-0.05, 0) is 61.3 Å². The van der Waals surface area contributed by atoms with Crippen LogP contribution in [0.3, 0.4) is 0 Å². The zero-order valence-electron chi connectivity index (χ0n) is 33.3. The largest absolute Gasteiger partial charge is 0.463 e. The molecule has 0 fully saturated rings. The Bertz CT molecular complexity index is 1600. The molecular formula is C45H48Co2O8P2Si. The second kappa shape index (κ2) is 33.6. The smallest absolute Gasteiger partial charge is 0.302 e. The fourth-order valence-corrected chi connectivity index (χ4v) is 12.6. The van der Waals surface area contributed by atoms with E-state index >= 15 is 0 Å². The average Bonchev–Trinajstić information content (AvgIpc) is 3.24. The molecule has 308 valence electrons. The molecule has 3 atom stereocenters.